The minimum Gasteiger partial charge on any atom is -0.478 e. The molecule has 1 aliphatic heterocycles. The van der Waals surface area contributed by atoms with Gasteiger partial charge in [0.1, 0.15) is 5.82 Å². The summed E-state index contributed by atoms with van der Waals surface area (Å²) in [4.78, 5) is 12.8. The van der Waals surface area contributed by atoms with Crippen LogP contribution < -0.4 is 0 Å². The SMILES string of the molecule is CS(=O)(=O)N1CCN(Cc2cc(C(=O)O)ccc2F)CC1. The van der Waals surface area contributed by atoms with E-state index in [1.54, 1.807) is 0 Å². The summed E-state index contributed by atoms with van der Waals surface area (Å²) < 4.78 is 37.9. The number of nitrogens with zero attached hydrogens (tertiary/aromatic N) is 2. The molecule has 0 amide bonds. The highest BCUT2D eigenvalue weighted by Gasteiger charge is 2.24. The van der Waals surface area contributed by atoms with Crippen LogP contribution in [0.4, 0.5) is 4.39 Å². The molecule has 1 aliphatic rings. The van der Waals surface area contributed by atoms with Crippen molar-refractivity contribution in [2.45, 2.75) is 6.54 Å². The van der Waals surface area contributed by atoms with Crippen molar-refractivity contribution < 1.29 is 22.7 Å². The number of benzene rings is 1. The van der Waals surface area contributed by atoms with Crippen LogP contribution >= 0.6 is 0 Å². The minimum atomic E-state index is -3.19. The first-order chi connectivity index (χ1) is 9.77. The molecule has 1 aromatic carbocycles. The second-order valence-electron chi connectivity index (χ2n) is 5.05. The van der Waals surface area contributed by atoms with Gasteiger partial charge in [0.15, 0.2) is 0 Å². The Bertz CT molecular complexity index is 640. The number of carbonyl (C=O) groups is 1. The number of aromatic carboxylic acids is 1. The molecule has 6 nitrogen and oxygen atoms in total. The number of carboxylic acid groups (broad SMARTS) is 1. The molecular formula is C13H17FN2O4S. The predicted octanol–water partition coefficient (Wildman–Crippen LogP) is 0.601. The van der Waals surface area contributed by atoms with Gasteiger partial charge in [-0.1, -0.05) is 0 Å². The quantitative estimate of drug-likeness (QED) is 0.880. The molecular weight excluding hydrogens is 299 g/mol. The highest BCUT2D eigenvalue weighted by Crippen LogP contribution is 2.15. The van der Waals surface area contributed by atoms with Crippen molar-refractivity contribution in [1.29, 1.82) is 0 Å². The van der Waals surface area contributed by atoms with Gasteiger partial charge in [0, 0.05) is 38.3 Å². The van der Waals surface area contributed by atoms with E-state index in [-0.39, 0.29) is 12.1 Å². The number of carboxylic acids is 1. The maximum Gasteiger partial charge on any atom is 0.335 e. The summed E-state index contributed by atoms with van der Waals surface area (Å²) in [5.41, 5.74) is 0.351. The largest absolute Gasteiger partial charge is 0.478 e. The Morgan fingerprint density at radius 2 is 1.90 bits per heavy atom. The lowest BCUT2D eigenvalue weighted by atomic mass is 10.1. The Morgan fingerprint density at radius 1 is 1.29 bits per heavy atom. The third-order valence-corrected chi connectivity index (χ3v) is 4.79. The zero-order chi connectivity index (χ0) is 15.6. The average Bonchev–Trinajstić information content (AvgIpc) is 2.40. The molecule has 116 valence electrons. The molecule has 0 aromatic heterocycles. The van der Waals surface area contributed by atoms with Crippen LogP contribution in [0.25, 0.3) is 0 Å². The van der Waals surface area contributed by atoms with Gasteiger partial charge >= 0.3 is 5.97 Å². The molecule has 0 saturated carbocycles. The van der Waals surface area contributed by atoms with E-state index < -0.39 is 21.8 Å². The number of halogens is 1. The third kappa shape index (κ3) is 3.99. The highest BCUT2D eigenvalue weighted by molar-refractivity contribution is 7.88. The molecule has 21 heavy (non-hydrogen) atoms. The zero-order valence-corrected chi connectivity index (χ0v) is 12.4. The fourth-order valence-electron chi connectivity index (χ4n) is 2.29. The first kappa shape index (κ1) is 15.9. The van der Waals surface area contributed by atoms with Gasteiger partial charge in [-0.3, -0.25) is 4.90 Å². The number of hydrogen-bond acceptors (Lipinski definition) is 4. The van der Waals surface area contributed by atoms with Gasteiger partial charge in [0.25, 0.3) is 0 Å². The van der Waals surface area contributed by atoms with Gasteiger partial charge in [0.2, 0.25) is 10.0 Å². The second-order valence-corrected chi connectivity index (χ2v) is 7.03. The molecule has 1 N–H and O–H groups in total. The summed E-state index contributed by atoms with van der Waals surface area (Å²) in [6.45, 7) is 1.97. The Kier molecular flexibility index (Phi) is 4.60. The Hall–Kier alpha value is -1.51. The molecule has 2 rings (SSSR count). The van der Waals surface area contributed by atoms with Gasteiger partial charge < -0.3 is 5.11 Å². The van der Waals surface area contributed by atoms with E-state index in [0.717, 1.165) is 6.07 Å². The van der Waals surface area contributed by atoms with Crippen molar-refractivity contribution in [3.05, 3.63) is 35.1 Å². The first-order valence-corrected chi connectivity index (χ1v) is 8.31. The van der Waals surface area contributed by atoms with E-state index in [9.17, 15) is 17.6 Å². The van der Waals surface area contributed by atoms with Crippen LogP contribution in [0.3, 0.4) is 0 Å². The molecule has 1 aromatic rings. The molecule has 0 atom stereocenters. The number of hydrogen-bond donors (Lipinski definition) is 1. The summed E-state index contributed by atoms with van der Waals surface area (Å²) in [5.74, 6) is -1.55. The molecule has 1 heterocycles. The number of rotatable bonds is 4. The van der Waals surface area contributed by atoms with Gasteiger partial charge in [-0.05, 0) is 18.2 Å². The number of piperazine rings is 1. The lowest BCUT2D eigenvalue weighted by molar-refractivity contribution is 0.0696. The fraction of sp³-hybridized carbons (Fsp3) is 0.462. The Labute approximate surface area is 122 Å². The van der Waals surface area contributed by atoms with Gasteiger partial charge in [0.05, 0.1) is 11.8 Å². The van der Waals surface area contributed by atoms with E-state index in [2.05, 4.69) is 0 Å². The van der Waals surface area contributed by atoms with Crippen molar-refractivity contribution >= 4 is 16.0 Å². The fourth-order valence-corrected chi connectivity index (χ4v) is 3.12. The van der Waals surface area contributed by atoms with E-state index in [0.29, 0.717) is 31.7 Å². The molecule has 1 saturated heterocycles. The van der Waals surface area contributed by atoms with Crippen LogP contribution in [0.5, 0.6) is 0 Å². The van der Waals surface area contributed by atoms with Crippen LogP contribution in [0.2, 0.25) is 0 Å². The van der Waals surface area contributed by atoms with Crippen LogP contribution in [-0.2, 0) is 16.6 Å². The monoisotopic (exact) mass is 316 g/mol. The Morgan fingerprint density at radius 3 is 2.43 bits per heavy atom. The summed E-state index contributed by atoms with van der Waals surface area (Å²) >= 11 is 0. The lowest BCUT2D eigenvalue weighted by Crippen LogP contribution is -2.47. The van der Waals surface area contributed by atoms with Crippen molar-refractivity contribution in [1.82, 2.24) is 9.21 Å². The van der Waals surface area contributed by atoms with Crippen LogP contribution in [0, 0.1) is 5.82 Å². The molecule has 0 radical (unpaired) electrons. The van der Waals surface area contributed by atoms with Crippen LogP contribution in [-0.4, -0.2) is 61.1 Å². The normalized spacial score (nSPS) is 17.8. The average molecular weight is 316 g/mol. The van der Waals surface area contributed by atoms with Crippen molar-refractivity contribution in [2.24, 2.45) is 0 Å². The maximum absolute atomic E-state index is 13.7. The molecule has 0 aliphatic carbocycles. The molecule has 0 spiro atoms. The van der Waals surface area contributed by atoms with E-state index in [4.69, 9.17) is 5.11 Å². The lowest BCUT2D eigenvalue weighted by Gasteiger charge is -2.33. The van der Waals surface area contributed by atoms with Crippen LogP contribution in [0.15, 0.2) is 18.2 Å². The molecule has 0 unspecified atom stereocenters. The standard InChI is InChI=1S/C13H17FN2O4S/c1-21(19,20)16-6-4-15(5-7-16)9-11-8-10(13(17)18)2-3-12(11)14/h2-3,8H,4-7,9H2,1H3,(H,17,18). The highest BCUT2D eigenvalue weighted by atomic mass is 32.2. The molecule has 1 fully saturated rings. The van der Waals surface area contributed by atoms with E-state index >= 15 is 0 Å². The summed E-state index contributed by atoms with van der Waals surface area (Å²) in [5, 5.41) is 8.92. The van der Waals surface area contributed by atoms with Crippen molar-refractivity contribution in [2.75, 3.05) is 32.4 Å². The summed E-state index contributed by atoms with van der Waals surface area (Å²) in [6.07, 6.45) is 1.17. The second kappa shape index (κ2) is 6.08. The summed E-state index contributed by atoms with van der Waals surface area (Å²) in [7, 11) is -3.19. The minimum absolute atomic E-state index is 0.0428. The van der Waals surface area contributed by atoms with Crippen LogP contribution in [0.1, 0.15) is 15.9 Å². The predicted molar refractivity (Wildman–Crippen MR) is 75.1 cm³/mol. The zero-order valence-electron chi connectivity index (χ0n) is 11.6. The van der Waals surface area contributed by atoms with Crippen molar-refractivity contribution in [3.63, 3.8) is 0 Å². The van der Waals surface area contributed by atoms with Gasteiger partial charge in [-0.2, -0.15) is 4.31 Å². The van der Waals surface area contributed by atoms with Gasteiger partial charge in [-0.25, -0.2) is 17.6 Å². The third-order valence-electron chi connectivity index (χ3n) is 3.49. The smallest absolute Gasteiger partial charge is 0.335 e. The summed E-state index contributed by atoms with van der Waals surface area (Å²) in [6, 6.07) is 3.69. The molecule has 0 bridgehead atoms. The molecule has 8 heteroatoms. The topological polar surface area (TPSA) is 77.9 Å². The van der Waals surface area contributed by atoms with E-state index in [1.807, 2.05) is 4.90 Å². The first-order valence-electron chi connectivity index (χ1n) is 6.46. The number of sulfonamides is 1. The van der Waals surface area contributed by atoms with E-state index in [1.165, 1.54) is 22.7 Å². The van der Waals surface area contributed by atoms with Gasteiger partial charge in [-0.15, -0.1) is 0 Å². The Balaban J connectivity index is 2.04. The maximum atomic E-state index is 13.7. The van der Waals surface area contributed by atoms with Crippen molar-refractivity contribution in [3.8, 4) is 0 Å².